The van der Waals surface area contributed by atoms with E-state index in [0.717, 1.165) is 17.9 Å². The van der Waals surface area contributed by atoms with Crippen molar-refractivity contribution in [3.8, 4) is 0 Å². The highest BCUT2D eigenvalue weighted by Gasteiger charge is 2.08. The van der Waals surface area contributed by atoms with Crippen molar-refractivity contribution in [2.24, 2.45) is 5.73 Å². The fourth-order valence-corrected chi connectivity index (χ4v) is 2.02. The van der Waals surface area contributed by atoms with Crippen LogP contribution in [0.4, 0.5) is 0 Å². The molecule has 3 nitrogen and oxygen atoms in total. The average Bonchev–Trinajstić information content (AvgIpc) is 2.32. The van der Waals surface area contributed by atoms with Gasteiger partial charge in [0.05, 0.1) is 11.7 Å². The summed E-state index contributed by atoms with van der Waals surface area (Å²) in [5.41, 5.74) is 8.27. The molecule has 1 unspecified atom stereocenters. The van der Waals surface area contributed by atoms with E-state index in [0.29, 0.717) is 0 Å². The summed E-state index contributed by atoms with van der Waals surface area (Å²) in [6, 6.07) is 10.2. The van der Waals surface area contributed by atoms with Gasteiger partial charge >= 0.3 is 0 Å². The zero-order chi connectivity index (χ0) is 12.3. The molecule has 0 bridgehead atoms. The van der Waals surface area contributed by atoms with Crippen LogP contribution in [-0.2, 0) is 6.42 Å². The predicted molar refractivity (Wildman–Crippen MR) is 76.6 cm³/mol. The zero-order valence-electron chi connectivity index (χ0n) is 9.60. The molecule has 2 rings (SSSR count). The predicted octanol–water partition coefficient (Wildman–Crippen LogP) is 2.63. The summed E-state index contributed by atoms with van der Waals surface area (Å²) < 4.78 is 1.23. The van der Waals surface area contributed by atoms with Gasteiger partial charge in [0.25, 0.3) is 0 Å². The van der Waals surface area contributed by atoms with Gasteiger partial charge in [-0.2, -0.15) is 0 Å². The smallest absolute Gasteiger partial charge is 0.125 e. The van der Waals surface area contributed by atoms with Gasteiger partial charge < -0.3 is 5.73 Å². The van der Waals surface area contributed by atoms with Crippen molar-refractivity contribution in [3.05, 3.63) is 57.2 Å². The van der Waals surface area contributed by atoms with Gasteiger partial charge in [0, 0.05) is 9.77 Å². The molecule has 4 heteroatoms. The van der Waals surface area contributed by atoms with Crippen LogP contribution in [0.5, 0.6) is 0 Å². The van der Waals surface area contributed by atoms with Gasteiger partial charge in [0.2, 0.25) is 0 Å². The monoisotopic (exact) mass is 339 g/mol. The molecule has 1 aromatic carbocycles. The van der Waals surface area contributed by atoms with Crippen LogP contribution in [0.25, 0.3) is 0 Å². The maximum absolute atomic E-state index is 6.14. The van der Waals surface area contributed by atoms with Gasteiger partial charge in [0.15, 0.2) is 0 Å². The Morgan fingerprint density at radius 1 is 1.24 bits per heavy atom. The van der Waals surface area contributed by atoms with Crippen molar-refractivity contribution >= 4 is 22.6 Å². The summed E-state index contributed by atoms with van der Waals surface area (Å²) in [6.07, 6.45) is 2.55. The van der Waals surface area contributed by atoms with Gasteiger partial charge in [-0.25, -0.2) is 9.97 Å². The number of aromatic nitrogens is 2. The van der Waals surface area contributed by atoms with Gasteiger partial charge in [-0.1, -0.05) is 12.1 Å². The molecule has 0 fully saturated rings. The Balaban J connectivity index is 2.11. The van der Waals surface area contributed by atoms with Crippen LogP contribution in [0, 0.1) is 10.5 Å². The molecule has 2 aromatic rings. The number of halogens is 1. The van der Waals surface area contributed by atoms with Crippen LogP contribution in [0.3, 0.4) is 0 Å². The molecule has 1 heterocycles. The van der Waals surface area contributed by atoms with Gasteiger partial charge in [-0.05, 0) is 59.7 Å². The molecule has 1 atom stereocenters. The summed E-state index contributed by atoms with van der Waals surface area (Å²) in [6.45, 7) is 1.88. The first-order valence-electron chi connectivity index (χ1n) is 5.45. The Kier molecular flexibility index (Phi) is 4.06. The number of nitrogens with zero attached hydrogens (tertiary/aromatic N) is 2. The van der Waals surface area contributed by atoms with Crippen LogP contribution < -0.4 is 5.73 Å². The molecule has 0 aliphatic heterocycles. The first kappa shape index (κ1) is 12.4. The number of hydrogen-bond acceptors (Lipinski definition) is 3. The third kappa shape index (κ3) is 3.47. The fourth-order valence-electron chi connectivity index (χ4n) is 1.66. The van der Waals surface area contributed by atoms with Crippen LogP contribution in [0.2, 0.25) is 0 Å². The summed E-state index contributed by atoms with van der Waals surface area (Å²) in [7, 11) is 0. The topological polar surface area (TPSA) is 51.8 Å². The lowest BCUT2D eigenvalue weighted by molar-refractivity contribution is 0.688. The lowest BCUT2D eigenvalue weighted by Crippen LogP contribution is -2.15. The van der Waals surface area contributed by atoms with Crippen molar-refractivity contribution in [2.75, 3.05) is 0 Å². The summed E-state index contributed by atoms with van der Waals surface area (Å²) >= 11 is 2.29. The quantitative estimate of drug-likeness (QED) is 0.875. The van der Waals surface area contributed by atoms with Gasteiger partial charge in [-0.15, -0.1) is 0 Å². The molecular weight excluding hydrogens is 325 g/mol. The normalized spacial score (nSPS) is 12.4. The lowest BCUT2D eigenvalue weighted by atomic mass is 10.0. The molecule has 0 radical (unpaired) electrons. The van der Waals surface area contributed by atoms with E-state index < -0.39 is 0 Å². The maximum Gasteiger partial charge on any atom is 0.125 e. The third-order valence-corrected chi connectivity index (χ3v) is 3.27. The maximum atomic E-state index is 6.14. The second-order valence-electron chi connectivity index (χ2n) is 3.97. The molecule has 0 spiro atoms. The highest BCUT2D eigenvalue weighted by Crippen LogP contribution is 2.15. The van der Waals surface area contributed by atoms with E-state index in [-0.39, 0.29) is 6.04 Å². The minimum Gasteiger partial charge on any atom is -0.322 e. The molecule has 2 N–H and O–H groups in total. The fraction of sp³-hybridized carbons (Fsp3) is 0.231. The van der Waals surface area contributed by atoms with E-state index in [4.69, 9.17) is 5.73 Å². The lowest BCUT2D eigenvalue weighted by Gasteiger charge is -2.11. The van der Waals surface area contributed by atoms with Crippen LogP contribution >= 0.6 is 22.6 Å². The average molecular weight is 339 g/mol. The standard InChI is InChI=1S/C13H14IN3/c1-9-16-7-6-13(17-9)12(15)8-10-2-4-11(14)5-3-10/h2-7,12H,8,15H2,1H3. The Labute approximate surface area is 115 Å². The van der Waals surface area contributed by atoms with Crippen molar-refractivity contribution in [1.82, 2.24) is 9.97 Å². The Morgan fingerprint density at radius 3 is 2.59 bits per heavy atom. The molecule has 0 saturated carbocycles. The van der Waals surface area contributed by atoms with Crippen LogP contribution in [0.15, 0.2) is 36.5 Å². The number of benzene rings is 1. The molecule has 0 aliphatic rings. The van der Waals surface area contributed by atoms with E-state index in [2.05, 4.69) is 56.8 Å². The number of aryl methyl sites for hydroxylation is 1. The zero-order valence-corrected chi connectivity index (χ0v) is 11.8. The highest BCUT2D eigenvalue weighted by molar-refractivity contribution is 14.1. The van der Waals surface area contributed by atoms with Crippen LogP contribution in [0.1, 0.15) is 23.1 Å². The van der Waals surface area contributed by atoms with Gasteiger partial charge in [-0.3, -0.25) is 0 Å². The van der Waals surface area contributed by atoms with E-state index in [1.165, 1.54) is 9.13 Å². The van der Waals surface area contributed by atoms with Crippen molar-refractivity contribution < 1.29 is 0 Å². The molecule has 88 valence electrons. The Morgan fingerprint density at radius 2 is 1.94 bits per heavy atom. The Bertz CT molecular complexity index is 496. The van der Waals surface area contributed by atoms with E-state index in [1.807, 2.05) is 13.0 Å². The first-order chi connectivity index (χ1) is 8.15. The Hall–Kier alpha value is -1.01. The minimum atomic E-state index is -0.0724. The summed E-state index contributed by atoms with van der Waals surface area (Å²) in [5, 5.41) is 0. The first-order valence-corrected chi connectivity index (χ1v) is 6.52. The second-order valence-corrected chi connectivity index (χ2v) is 5.21. The van der Waals surface area contributed by atoms with E-state index >= 15 is 0 Å². The number of nitrogens with two attached hydrogens (primary N) is 1. The number of rotatable bonds is 3. The van der Waals surface area contributed by atoms with Crippen molar-refractivity contribution in [2.45, 2.75) is 19.4 Å². The summed E-state index contributed by atoms with van der Waals surface area (Å²) in [4.78, 5) is 8.42. The van der Waals surface area contributed by atoms with Gasteiger partial charge in [0.1, 0.15) is 5.82 Å². The van der Waals surface area contributed by atoms with E-state index in [1.54, 1.807) is 6.20 Å². The molecule has 1 aromatic heterocycles. The van der Waals surface area contributed by atoms with Crippen molar-refractivity contribution in [3.63, 3.8) is 0 Å². The van der Waals surface area contributed by atoms with Crippen molar-refractivity contribution in [1.29, 1.82) is 0 Å². The molecule has 17 heavy (non-hydrogen) atoms. The molecule has 0 aliphatic carbocycles. The minimum absolute atomic E-state index is 0.0724. The molecule has 0 saturated heterocycles. The SMILES string of the molecule is Cc1nccc(C(N)Cc2ccc(I)cc2)n1. The van der Waals surface area contributed by atoms with E-state index in [9.17, 15) is 0 Å². The largest absolute Gasteiger partial charge is 0.322 e. The summed E-state index contributed by atoms with van der Waals surface area (Å²) in [5.74, 6) is 0.764. The third-order valence-electron chi connectivity index (χ3n) is 2.55. The number of hydrogen-bond donors (Lipinski definition) is 1. The van der Waals surface area contributed by atoms with Crippen LogP contribution in [-0.4, -0.2) is 9.97 Å². The molecular formula is C13H14IN3. The second kappa shape index (κ2) is 5.55. The highest BCUT2D eigenvalue weighted by atomic mass is 127. The molecule has 0 amide bonds.